The van der Waals surface area contributed by atoms with Crippen molar-refractivity contribution < 1.29 is 9.72 Å². The molecule has 2 aromatic carbocycles. The van der Waals surface area contributed by atoms with Crippen LogP contribution in [0.1, 0.15) is 34.8 Å². The molecule has 0 saturated carbocycles. The van der Waals surface area contributed by atoms with Crippen molar-refractivity contribution in [2.75, 3.05) is 0 Å². The van der Waals surface area contributed by atoms with Crippen molar-refractivity contribution in [3.63, 3.8) is 0 Å². The minimum atomic E-state index is -0.498. The summed E-state index contributed by atoms with van der Waals surface area (Å²) in [5, 5.41) is 19.9. The smallest absolute Gasteiger partial charge is 0.269 e. The number of nitriles is 1. The molecule has 0 aliphatic rings. The summed E-state index contributed by atoms with van der Waals surface area (Å²) in [5.74, 6) is -0.362. The number of allylic oxidation sites excluding steroid dienone is 1. The van der Waals surface area contributed by atoms with Gasteiger partial charge in [0.25, 0.3) is 5.69 Å². The van der Waals surface area contributed by atoms with Crippen molar-refractivity contribution in [1.29, 1.82) is 5.26 Å². The molecular weight excluding hydrogens is 304 g/mol. The average Bonchev–Trinajstić information content (AvgIpc) is 2.60. The summed E-state index contributed by atoms with van der Waals surface area (Å²) in [6, 6.07) is 14.8. The number of hydrogen-bond donors (Lipinski definition) is 0. The van der Waals surface area contributed by atoms with E-state index < -0.39 is 4.92 Å². The monoisotopic (exact) mass is 320 g/mol. The van der Waals surface area contributed by atoms with Gasteiger partial charge in [-0.05, 0) is 35.8 Å². The molecule has 0 fully saturated rings. The van der Waals surface area contributed by atoms with Gasteiger partial charge in [-0.3, -0.25) is 14.9 Å². The van der Waals surface area contributed by atoms with E-state index in [4.69, 9.17) is 0 Å². The molecule has 0 amide bonds. The fourth-order valence-electron chi connectivity index (χ4n) is 2.27. The van der Waals surface area contributed by atoms with Crippen LogP contribution in [0, 0.1) is 21.4 Å². The summed E-state index contributed by atoms with van der Waals surface area (Å²) < 4.78 is 0. The number of nitro benzene ring substituents is 1. The zero-order valence-corrected chi connectivity index (χ0v) is 13.2. The molecule has 0 bridgehead atoms. The molecule has 2 aromatic rings. The van der Waals surface area contributed by atoms with E-state index in [-0.39, 0.29) is 17.0 Å². The van der Waals surface area contributed by atoms with Gasteiger partial charge in [-0.2, -0.15) is 5.26 Å². The van der Waals surface area contributed by atoms with Crippen molar-refractivity contribution in [2.24, 2.45) is 0 Å². The molecule has 0 radical (unpaired) electrons. The van der Waals surface area contributed by atoms with E-state index in [1.807, 2.05) is 18.2 Å². The lowest BCUT2D eigenvalue weighted by Gasteiger charge is -2.02. The van der Waals surface area contributed by atoms with Crippen LogP contribution in [-0.2, 0) is 6.42 Å². The Morgan fingerprint density at radius 1 is 1.17 bits per heavy atom. The van der Waals surface area contributed by atoms with Gasteiger partial charge < -0.3 is 0 Å². The summed E-state index contributed by atoms with van der Waals surface area (Å²) in [4.78, 5) is 22.6. The molecule has 0 N–H and O–H groups in total. The third-order valence-corrected chi connectivity index (χ3v) is 3.53. The third-order valence-electron chi connectivity index (χ3n) is 3.53. The Labute approximate surface area is 140 Å². The lowest BCUT2D eigenvalue weighted by Crippen LogP contribution is -2.02. The fourth-order valence-corrected chi connectivity index (χ4v) is 2.27. The molecule has 0 heterocycles. The normalized spacial score (nSPS) is 10.9. The molecule has 5 heteroatoms. The minimum absolute atomic E-state index is 0.00732. The van der Waals surface area contributed by atoms with Gasteiger partial charge in [0.1, 0.15) is 11.6 Å². The summed E-state index contributed by atoms with van der Waals surface area (Å²) in [6.45, 7) is 2.08. The Morgan fingerprint density at radius 3 is 2.29 bits per heavy atom. The maximum Gasteiger partial charge on any atom is 0.269 e. The van der Waals surface area contributed by atoms with Gasteiger partial charge in [-0.1, -0.05) is 37.6 Å². The number of nitrogens with zero attached hydrogens (tertiary/aromatic N) is 2. The standard InChI is InChI=1S/C19H16N2O3/c1-2-3-14-4-8-16(9-5-14)19(22)17(13-20)12-15-6-10-18(11-7-15)21(23)24/h4-12H,2-3H2,1H3/b17-12+. The number of ketones is 1. The first-order chi connectivity index (χ1) is 11.5. The van der Waals surface area contributed by atoms with Crippen LogP contribution in [0.25, 0.3) is 6.08 Å². The molecule has 5 nitrogen and oxygen atoms in total. The van der Waals surface area contributed by atoms with Crippen molar-refractivity contribution in [3.05, 3.63) is 80.9 Å². The van der Waals surface area contributed by atoms with E-state index in [0.29, 0.717) is 11.1 Å². The van der Waals surface area contributed by atoms with Gasteiger partial charge in [-0.25, -0.2) is 0 Å². The van der Waals surface area contributed by atoms with E-state index in [0.717, 1.165) is 18.4 Å². The lowest BCUT2D eigenvalue weighted by atomic mass is 10.00. The second kappa shape index (κ2) is 7.84. The fraction of sp³-hybridized carbons (Fsp3) is 0.158. The Morgan fingerprint density at radius 2 is 1.79 bits per heavy atom. The molecule has 120 valence electrons. The topological polar surface area (TPSA) is 84.0 Å². The molecular formula is C19H16N2O3. The van der Waals surface area contributed by atoms with Crippen LogP contribution >= 0.6 is 0 Å². The van der Waals surface area contributed by atoms with Gasteiger partial charge in [-0.15, -0.1) is 0 Å². The van der Waals surface area contributed by atoms with Crippen LogP contribution in [0.5, 0.6) is 0 Å². The lowest BCUT2D eigenvalue weighted by molar-refractivity contribution is -0.384. The number of rotatable bonds is 6. The van der Waals surface area contributed by atoms with Crippen LogP contribution in [0.4, 0.5) is 5.69 Å². The molecule has 0 atom stereocenters. The Balaban J connectivity index is 2.24. The molecule has 0 aliphatic heterocycles. The highest BCUT2D eigenvalue weighted by Crippen LogP contribution is 2.17. The number of aryl methyl sites for hydroxylation is 1. The SMILES string of the molecule is CCCc1ccc(C(=O)/C(C#N)=C/c2ccc([N+](=O)[O-])cc2)cc1. The Bertz CT molecular complexity index is 813. The predicted octanol–water partition coefficient (Wildman–Crippen LogP) is 4.34. The van der Waals surface area contributed by atoms with Gasteiger partial charge in [0, 0.05) is 17.7 Å². The molecule has 0 spiro atoms. The first-order valence-corrected chi connectivity index (χ1v) is 7.55. The molecule has 0 unspecified atom stereocenters. The second-order valence-electron chi connectivity index (χ2n) is 5.29. The Kier molecular flexibility index (Phi) is 5.58. The van der Waals surface area contributed by atoms with Gasteiger partial charge in [0.15, 0.2) is 0 Å². The summed E-state index contributed by atoms with van der Waals surface area (Å²) in [7, 11) is 0. The molecule has 24 heavy (non-hydrogen) atoms. The van der Waals surface area contributed by atoms with Crippen molar-refractivity contribution in [3.8, 4) is 6.07 Å². The first kappa shape index (κ1) is 17.1. The highest BCUT2D eigenvalue weighted by atomic mass is 16.6. The van der Waals surface area contributed by atoms with E-state index in [9.17, 15) is 20.2 Å². The maximum absolute atomic E-state index is 12.4. The third kappa shape index (κ3) is 4.14. The summed E-state index contributed by atoms with van der Waals surface area (Å²) >= 11 is 0. The second-order valence-corrected chi connectivity index (χ2v) is 5.29. The van der Waals surface area contributed by atoms with E-state index in [1.54, 1.807) is 12.1 Å². The van der Waals surface area contributed by atoms with Crippen molar-refractivity contribution in [2.45, 2.75) is 19.8 Å². The largest absolute Gasteiger partial charge is 0.288 e. The summed E-state index contributed by atoms with van der Waals surface area (Å²) in [5.41, 5.74) is 2.11. The van der Waals surface area contributed by atoms with E-state index in [1.165, 1.54) is 30.3 Å². The quantitative estimate of drug-likeness (QED) is 0.260. The summed E-state index contributed by atoms with van der Waals surface area (Å²) in [6.07, 6.45) is 3.40. The van der Waals surface area contributed by atoms with Crippen LogP contribution < -0.4 is 0 Å². The van der Waals surface area contributed by atoms with Gasteiger partial charge in [0.05, 0.1) is 4.92 Å². The number of carbonyl (C=O) groups is 1. The van der Waals surface area contributed by atoms with Crippen LogP contribution in [0.3, 0.4) is 0 Å². The van der Waals surface area contributed by atoms with Gasteiger partial charge >= 0.3 is 0 Å². The van der Waals surface area contributed by atoms with Crippen LogP contribution in [0.2, 0.25) is 0 Å². The number of carbonyl (C=O) groups excluding carboxylic acids is 1. The van der Waals surface area contributed by atoms with Crippen molar-refractivity contribution >= 4 is 17.5 Å². The average molecular weight is 320 g/mol. The highest BCUT2D eigenvalue weighted by Gasteiger charge is 2.12. The molecule has 0 aliphatic carbocycles. The number of benzene rings is 2. The molecule has 0 saturated heterocycles. The zero-order valence-electron chi connectivity index (χ0n) is 13.2. The first-order valence-electron chi connectivity index (χ1n) is 7.55. The highest BCUT2D eigenvalue weighted by molar-refractivity contribution is 6.14. The molecule has 2 rings (SSSR count). The zero-order chi connectivity index (χ0) is 17.5. The van der Waals surface area contributed by atoms with Crippen LogP contribution in [-0.4, -0.2) is 10.7 Å². The predicted molar refractivity (Wildman–Crippen MR) is 91.5 cm³/mol. The minimum Gasteiger partial charge on any atom is -0.288 e. The Hall–Kier alpha value is -3.26. The number of Topliss-reactive ketones (excluding diaryl/α,β-unsaturated/α-hetero) is 1. The van der Waals surface area contributed by atoms with Crippen LogP contribution in [0.15, 0.2) is 54.1 Å². The number of non-ortho nitro benzene ring substituents is 1. The van der Waals surface area contributed by atoms with Gasteiger partial charge in [0.2, 0.25) is 5.78 Å². The van der Waals surface area contributed by atoms with Crippen molar-refractivity contribution in [1.82, 2.24) is 0 Å². The van der Waals surface area contributed by atoms with E-state index >= 15 is 0 Å². The maximum atomic E-state index is 12.4. The number of nitro groups is 1. The number of hydrogen-bond acceptors (Lipinski definition) is 4. The van der Waals surface area contributed by atoms with E-state index in [2.05, 4.69) is 6.92 Å². The molecule has 0 aromatic heterocycles.